The Kier molecular flexibility index (Phi) is 3.61. The molecule has 2 aromatic rings. The maximum absolute atomic E-state index is 9.56. The average molecular weight is 290 g/mol. The van der Waals surface area contributed by atoms with Crippen molar-refractivity contribution in [1.82, 2.24) is 19.5 Å². The molecule has 0 bridgehead atoms. The van der Waals surface area contributed by atoms with Crippen molar-refractivity contribution >= 4 is 41.1 Å². The molecule has 2 aromatic heterocycles. The van der Waals surface area contributed by atoms with Crippen molar-refractivity contribution in [2.24, 2.45) is 0 Å². The van der Waals surface area contributed by atoms with Gasteiger partial charge in [-0.2, -0.15) is 9.97 Å². The van der Waals surface area contributed by atoms with Gasteiger partial charge in [0.2, 0.25) is 5.95 Å². The highest BCUT2D eigenvalue weighted by Crippen LogP contribution is 2.32. The van der Waals surface area contributed by atoms with E-state index in [1.165, 1.54) is 0 Å². The highest BCUT2D eigenvalue weighted by Gasteiger charge is 2.26. The first kappa shape index (κ1) is 13.3. The zero-order valence-corrected chi connectivity index (χ0v) is 11.0. The quantitative estimate of drug-likeness (QED) is 0.778. The van der Waals surface area contributed by atoms with Crippen LogP contribution in [0.4, 0.5) is 5.95 Å². The predicted molar refractivity (Wildman–Crippen MR) is 70.9 cm³/mol. The van der Waals surface area contributed by atoms with Gasteiger partial charge < -0.3 is 15.4 Å². The summed E-state index contributed by atoms with van der Waals surface area (Å²) in [5.74, 6) is 0.141. The van der Waals surface area contributed by atoms with Gasteiger partial charge in [-0.15, -0.1) is 12.4 Å². The first-order valence-corrected chi connectivity index (χ1v) is 5.86. The van der Waals surface area contributed by atoms with E-state index in [1.807, 2.05) is 4.57 Å². The fourth-order valence-corrected chi connectivity index (χ4v) is 2.57. The molecule has 2 atom stereocenters. The van der Waals surface area contributed by atoms with Gasteiger partial charge in [0.05, 0.1) is 12.4 Å². The molecule has 0 aliphatic heterocycles. The summed E-state index contributed by atoms with van der Waals surface area (Å²) in [5, 5.41) is 9.83. The summed E-state index contributed by atoms with van der Waals surface area (Å²) in [6.07, 6.45) is 3.87. The van der Waals surface area contributed by atoms with Crippen molar-refractivity contribution in [2.45, 2.75) is 31.4 Å². The number of nitrogens with zero attached hydrogens (tertiary/aromatic N) is 4. The van der Waals surface area contributed by atoms with Crippen LogP contribution in [0.15, 0.2) is 6.33 Å². The molecule has 1 aliphatic carbocycles. The Morgan fingerprint density at radius 2 is 2.17 bits per heavy atom. The minimum absolute atomic E-state index is 0. The number of halogens is 2. The van der Waals surface area contributed by atoms with Gasteiger partial charge in [0.1, 0.15) is 5.52 Å². The number of imidazole rings is 1. The third-order valence-electron chi connectivity index (χ3n) is 3.17. The molecule has 3 N–H and O–H groups in total. The second-order valence-corrected chi connectivity index (χ2v) is 4.68. The Hall–Kier alpha value is -1.11. The summed E-state index contributed by atoms with van der Waals surface area (Å²) in [6.45, 7) is 0. The lowest BCUT2D eigenvalue weighted by Crippen LogP contribution is -2.07. The molecule has 6 nitrogen and oxygen atoms in total. The highest BCUT2D eigenvalue weighted by atomic mass is 35.5. The van der Waals surface area contributed by atoms with E-state index in [0.717, 1.165) is 12.8 Å². The van der Waals surface area contributed by atoms with E-state index in [9.17, 15) is 5.11 Å². The maximum Gasteiger partial charge on any atom is 0.223 e. The minimum atomic E-state index is -0.243. The second-order valence-electron chi connectivity index (χ2n) is 4.32. The van der Waals surface area contributed by atoms with Crippen molar-refractivity contribution in [3.05, 3.63) is 11.5 Å². The lowest BCUT2D eigenvalue weighted by molar-refractivity contribution is 0.178. The number of anilines is 1. The number of rotatable bonds is 1. The molecular weight excluding hydrogens is 277 g/mol. The van der Waals surface area contributed by atoms with Gasteiger partial charge in [-0.25, -0.2) is 4.98 Å². The first-order chi connectivity index (χ1) is 8.15. The van der Waals surface area contributed by atoms with E-state index in [2.05, 4.69) is 15.0 Å². The molecule has 98 valence electrons. The fourth-order valence-electron chi connectivity index (χ4n) is 2.35. The third kappa shape index (κ3) is 2.11. The molecule has 0 spiro atoms. The van der Waals surface area contributed by atoms with E-state index in [0.29, 0.717) is 17.6 Å². The lowest BCUT2D eigenvalue weighted by Gasteiger charge is -2.11. The Bertz CT molecular complexity index is 573. The van der Waals surface area contributed by atoms with Crippen LogP contribution < -0.4 is 5.73 Å². The molecule has 18 heavy (non-hydrogen) atoms. The summed E-state index contributed by atoms with van der Waals surface area (Å²) in [6, 6.07) is 0.209. The van der Waals surface area contributed by atoms with E-state index >= 15 is 0 Å². The molecule has 1 fully saturated rings. The smallest absolute Gasteiger partial charge is 0.223 e. The van der Waals surface area contributed by atoms with Crippen LogP contribution in [-0.4, -0.2) is 30.7 Å². The Morgan fingerprint density at radius 1 is 1.39 bits per heavy atom. The van der Waals surface area contributed by atoms with Crippen molar-refractivity contribution in [1.29, 1.82) is 0 Å². The van der Waals surface area contributed by atoms with Gasteiger partial charge in [-0.05, 0) is 19.3 Å². The maximum atomic E-state index is 9.56. The van der Waals surface area contributed by atoms with Gasteiger partial charge in [0.15, 0.2) is 10.8 Å². The molecule has 1 aliphatic rings. The summed E-state index contributed by atoms with van der Waals surface area (Å²) < 4.78 is 1.93. The van der Waals surface area contributed by atoms with Crippen molar-refractivity contribution in [2.75, 3.05) is 5.73 Å². The monoisotopic (exact) mass is 289 g/mol. The number of hydrogen-bond acceptors (Lipinski definition) is 5. The summed E-state index contributed by atoms with van der Waals surface area (Å²) in [4.78, 5) is 12.2. The van der Waals surface area contributed by atoms with Gasteiger partial charge >= 0.3 is 0 Å². The molecule has 0 radical (unpaired) electrons. The second kappa shape index (κ2) is 4.87. The standard InChI is InChI=1S/C10H12ClN5O.ClH/c11-8-7-9(15-10(12)14-8)16(4-13-7)5-1-2-6(17)3-5;/h4-6,17H,1-3H2,(H2,12,14,15);1H. The summed E-state index contributed by atoms with van der Waals surface area (Å²) >= 11 is 5.95. The number of fused-ring (bicyclic) bond motifs is 1. The average Bonchev–Trinajstić information content (AvgIpc) is 2.83. The van der Waals surface area contributed by atoms with Crippen molar-refractivity contribution in [3.63, 3.8) is 0 Å². The molecule has 2 heterocycles. The van der Waals surface area contributed by atoms with Crippen molar-refractivity contribution in [3.8, 4) is 0 Å². The van der Waals surface area contributed by atoms with Crippen molar-refractivity contribution < 1.29 is 5.11 Å². The fraction of sp³-hybridized carbons (Fsp3) is 0.500. The SMILES string of the molecule is Cl.Nc1nc(Cl)c2ncn(C3CCC(O)C3)c2n1. The summed E-state index contributed by atoms with van der Waals surface area (Å²) in [5.41, 5.74) is 6.78. The number of nitrogen functional groups attached to an aromatic ring is 1. The minimum Gasteiger partial charge on any atom is -0.393 e. The van der Waals surface area contributed by atoms with Crippen LogP contribution in [0.25, 0.3) is 11.2 Å². The Morgan fingerprint density at radius 3 is 2.83 bits per heavy atom. The van der Waals surface area contributed by atoms with Crippen LogP contribution >= 0.6 is 24.0 Å². The zero-order chi connectivity index (χ0) is 12.0. The van der Waals surface area contributed by atoms with Gasteiger partial charge in [-0.1, -0.05) is 11.6 Å². The molecule has 2 unspecified atom stereocenters. The Labute approximate surface area is 115 Å². The number of hydrogen-bond donors (Lipinski definition) is 2. The van der Waals surface area contributed by atoms with Crippen LogP contribution in [0, 0.1) is 0 Å². The van der Waals surface area contributed by atoms with Crippen LogP contribution in [0.3, 0.4) is 0 Å². The largest absolute Gasteiger partial charge is 0.393 e. The van der Waals surface area contributed by atoms with E-state index in [1.54, 1.807) is 6.33 Å². The number of nitrogens with two attached hydrogens (primary N) is 1. The highest BCUT2D eigenvalue weighted by molar-refractivity contribution is 6.33. The first-order valence-electron chi connectivity index (χ1n) is 5.49. The van der Waals surface area contributed by atoms with E-state index < -0.39 is 0 Å². The van der Waals surface area contributed by atoms with Gasteiger partial charge in [-0.3, -0.25) is 0 Å². The van der Waals surface area contributed by atoms with Crippen LogP contribution in [0.2, 0.25) is 5.15 Å². The molecular formula is C10H13Cl2N5O. The molecule has 0 aromatic carbocycles. The van der Waals surface area contributed by atoms with E-state index in [-0.39, 0.29) is 35.7 Å². The Balaban J connectivity index is 0.00000120. The van der Waals surface area contributed by atoms with Crippen LogP contribution in [-0.2, 0) is 0 Å². The molecule has 3 rings (SSSR count). The molecule has 0 amide bonds. The van der Waals surface area contributed by atoms with Gasteiger partial charge in [0.25, 0.3) is 0 Å². The lowest BCUT2D eigenvalue weighted by atomic mass is 10.2. The van der Waals surface area contributed by atoms with E-state index in [4.69, 9.17) is 17.3 Å². The third-order valence-corrected chi connectivity index (χ3v) is 3.43. The predicted octanol–water partition coefficient (Wildman–Crippen LogP) is 1.57. The number of aliphatic hydroxyl groups is 1. The number of aliphatic hydroxyl groups excluding tert-OH is 1. The van der Waals surface area contributed by atoms with Crippen LogP contribution in [0.5, 0.6) is 0 Å². The zero-order valence-electron chi connectivity index (χ0n) is 9.45. The van der Waals surface area contributed by atoms with Gasteiger partial charge in [0, 0.05) is 6.04 Å². The topological polar surface area (TPSA) is 89.8 Å². The molecule has 0 saturated heterocycles. The van der Waals surface area contributed by atoms with Crippen LogP contribution in [0.1, 0.15) is 25.3 Å². The summed E-state index contributed by atoms with van der Waals surface area (Å²) in [7, 11) is 0. The molecule has 8 heteroatoms. The number of aromatic nitrogens is 4. The molecule has 1 saturated carbocycles. The normalized spacial score (nSPS) is 23.2.